The molecule has 20 heavy (non-hydrogen) atoms. The second kappa shape index (κ2) is 5.69. The quantitative estimate of drug-likeness (QED) is 0.682. The van der Waals surface area contributed by atoms with Crippen molar-refractivity contribution < 1.29 is 10.0 Å². The van der Waals surface area contributed by atoms with E-state index in [-0.39, 0.29) is 10.6 Å². The largest absolute Gasteiger partial charge is 0.388 e. The molecular weight excluding hydrogens is 276 g/mol. The molecule has 112 valence electrons. The molecule has 2 rings (SSSR count). The number of aliphatic hydroxyl groups is 1. The van der Waals surface area contributed by atoms with Crippen LogP contribution >= 0.6 is 11.3 Å². The average Bonchev–Trinajstić information content (AvgIpc) is 2.71. The minimum atomic E-state index is -0.657. The van der Waals surface area contributed by atoms with E-state index in [0.29, 0.717) is 15.3 Å². The first-order valence-corrected chi connectivity index (χ1v) is 7.83. The van der Waals surface area contributed by atoms with Crippen LogP contribution < -0.4 is 4.90 Å². The minimum absolute atomic E-state index is 0.130. The van der Waals surface area contributed by atoms with E-state index in [1.54, 1.807) is 6.92 Å². The molecule has 0 aromatic carbocycles. The Hall–Kier alpha value is -1.14. The lowest BCUT2D eigenvalue weighted by Gasteiger charge is -2.23. The van der Waals surface area contributed by atoms with Gasteiger partial charge in [-0.05, 0) is 31.6 Å². The summed E-state index contributed by atoms with van der Waals surface area (Å²) >= 11 is 1.35. The number of nitro groups is 1. The summed E-state index contributed by atoms with van der Waals surface area (Å²) in [4.78, 5) is 13.7. The zero-order valence-corrected chi connectivity index (χ0v) is 13.1. The van der Waals surface area contributed by atoms with Gasteiger partial charge in [0.15, 0.2) is 5.00 Å². The first-order valence-electron chi connectivity index (χ1n) is 7.01. The van der Waals surface area contributed by atoms with E-state index >= 15 is 0 Å². The molecule has 1 aliphatic rings. The molecule has 1 saturated heterocycles. The van der Waals surface area contributed by atoms with Crippen LogP contribution in [0.15, 0.2) is 6.07 Å². The third kappa shape index (κ3) is 3.30. The van der Waals surface area contributed by atoms with Gasteiger partial charge >= 0.3 is 5.69 Å². The minimum Gasteiger partial charge on any atom is -0.388 e. The summed E-state index contributed by atoms with van der Waals surface area (Å²) < 4.78 is 0. The van der Waals surface area contributed by atoms with Gasteiger partial charge in [0.2, 0.25) is 0 Å². The number of rotatable bonds is 3. The maximum atomic E-state index is 11.2. The molecular formula is C14H22N2O3S. The summed E-state index contributed by atoms with van der Waals surface area (Å²) in [7, 11) is 0. The highest BCUT2D eigenvalue weighted by Crippen LogP contribution is 2.42. The maximum Gasteiger partial charge on any atom is 0.304 e. The summed E-state index contributed by atoms with van der Waals surface area (Å²) in [6.07, 6.45) is 2.57. The van der Waals surface area contributed by atoms with Gasteiger partial charge in [0, 0.05) is 24.0 Å². The lowest BCUT2D eigenvalue weighted by Crippen LogP contribution is -2.24. The van der Waals surface area contributed by atoms with Crippen LogP contribution in [0.4, 0.5) is 10.7 Å². The van der Waals surface area contributed by atoms with Gasteiger partial charge in [-0.3, -0.25) is 10.1 Å². The summed E-state index contributed by atoms with van der Waals surface area (Å²) in [5.41, 5.74) is 0.430. The third-order valence-electron chi connectivity index (χ3n) is 3.95. The molecule has 0 saturated carbocycles. The van der Waals surface area contributed by atoms with Crippen molar-refractivity contribution in [3.8, 4) is 0 Å². The van der Waals surface area contributed by atoms with Crippen LogP contribution in [0.3, 0.4) is 0 Å². The van der Waals surface area contributed by atoms with Crippen molar-refractivity contribution in [2.24, 2.45) is 5.41 Å². The highest BCUT2D eigenvalue weighted by atomic mass is 32.1. The molecule has 1 aromatic rings. The first kappa shape index (κ1) is 15.3. The van der Waals surface area contributed by atoms with Gasteiger partial charge in [-0.2, -0.15) is 0 Å². The van der Waals surface area contributed by atoms with E-state index < -0.39 is 6.10 Å². The molecule has 6 heteroatoms. The Morgan fingerprint density at radius 2 is 2.15 bits per heavy atom. The van der Waals surface area contributed by atoms with Gasteiger partial charge in [0.1, 0.15) is 0 Å². The topological polar surface area (TPSA) is 66.6 Å². The third-order valence-corrected chi connectivity index (χ3v) is 5.30. The molecule has 1 aliphatic heterocycles. The van der Waals surface area contributed by atoms with Crippen molar-refractivity contribution >= 4 is 22.0 Å². The monoisotopic (exact) mass is 298 g/mol. The van der Waals surface area contributed by atoms with Crippen LogP contribution in [0.25, 0.3) is 0 Å². The van der Waals surface area contributed by atoms with Gasteiger partial charge in [0.25, 0.3) is 0 Å². The Labute approximate surface area is 123 Å². The highest BCUT2D eigenvalue weighted by molar-refractivity contribution is 7.16. The number of anilines is 1. The van der Waals surface area contributed by atoms with E-state index in [4.69, 9.17) is 0 Å². The van der Waals surface area contributed by atoms with Gasteiger partial charge < -0.3 is 10.0 Å². The van der Waals surface area contributed by atoms with E-state index in [9.17, 15) is 15.2 Å². The van der Waals surface area contributed by atoms with E-state index in [1.807, 2.05) is 0 Å². The summed E-state index contributed by atoms with van der Waals surface area (Å²) in [6, 6.07) is 1.51. The smallest absolute Gasteiger partial charge is 0.304 e. The second-order valence-electron chi connectivity index (χ2n) is 6.28. The number of nitrogens with zero attached hydrogens (tertiary/aromatic N) is 2. The van der Waals surface area contributed by atoms with Crippen molar-refractivity contribution in [1.82, 2.24) is 0 Å². The number of hydrogen-bond acceptors (Lipinski definition) is 5. The van der Waals surface area contributed by atoms with Crippen molar-refractivity contribution in [3.63, 3.8) is 0 Å². The van der Waals surface area contributed by atoms with E-state index in [2.05, 4.69) is 18.7 Å². The summed E-state index contributed by atoms with van der Waals surface area (Å²) in [5, 5.41) is 21.6. The fourth-order valence-electron chi connectivity index (χ4n) is 2.58. The number of thiophene rings is 1. The second-order valence-corrected chi connectivity index (χ2v) is 7.34. The van der Waals surface area contributed by atoms with Crippen LogP contribution in [-0.2, 0) is 0 Å². The van der Waals surface area contributed by atoms with Crippen LogP contribution in [-0.4, -0.2) is 23.1 Å². The standard InChI is InChI=1S/C14H22N2O3S/c1-10(17)12-9-11(16(18)19)13(20-12)15-7-4-5-14(2,3)6-8-15/h9-10,17H,4-8H2,1-3H3/t10-/m1/s1. The summed E-state index contributed by atoms with van der Waals surface area (Å²) in [6.45, 7) is 7.84. The highest BCUT2D eigenvalue weighted by Gasteiger charge is 2.29. The first-order chi connectivity index (χ1) is 9.30. The lowest BCUT2D eigenvalue weighted by molar-refractivity contribution is -0.383. The molecule has 0 amide bonds. The van der Waals surface area contributed by atoms with Crippen LogP contribution in [0.2, 0.25) is 0 Å². The molecule has 1 fully saturated rings. The Morgan fingerprint density at radius 3 is 2.75 bits per heavy atom. The Kier molecular flexibility index (Phi) is 4.34. The van der Waals surface area contributed by atoms with Crippen molar-refractivity contribution in [2.45, 2.75) is 46.1 Å². The molecule has 1 atom stereocenters. The van der Waals surface area contributed by atoms with Crippen molar-refractivity contribution in [2.75, 3.05) is 18.0 Å². The van der Waals surface area contributed by atoms with Gasteiger partial charge in [-0.1, -0.05) is 13.8 Å². The maximum absolute atomic E-state index is 11.2. The molecule has 1 aromatic heterocycles. The summed E-state index contributed by atoms with van der Waals surface area (Å²) in [5.74, 6) is 0. The van der Waals surface area contributed by atoms with Crippen molar-refractivity contribution in [1.29, 1.82) is 0 Å². The molecule has 2 heterocycles. The van der Waals surface area contributed by atoms with Crippen LogP contribution in [0, 0.1) is 15.5 Å². The number of hydrogen-bond donors (Lipinski definition) is 1. The van der Waals surface area contributed by atoms with Crippen LogP contribution in [0.5, 0.6) is 0 Å². The lowest BCUT2D eigenvalue weighted by atomic mass is 9.85. The van der Waals surface area contributed by atoms with E-state index in [0.717, 1.165) is 32.4 Å². The van der Waals surface area contributed by atoms with Crippen molar-refractivity contribution in [3.05, 3.63) is 21.1 Å². The molecule has 0 unspecified atom stereocenters. The van der Waals surface area contributed by atoms with Gasteiger partial charge in [-0.15, -0.1) is 11.3 Å². The van der Waals surface area contributed by atoms with Gasteiger partial charge in [-0.25, -0.2) is 0 Å². The van der Waals surface area contributed by atoms with Crippen LogP contribution in [0.1, 0.15) is 51.0 Å². The SMILES string of the molecule is C[C@@H](O)c1cc([N+](=O)[O-])c(N2CCCC(C)(C)CC2)s1. The molecule has 0 spiro atoms. The zero-order valence-electron chi connectivity index (χ0n) is 12.3. The van der Waals surface area contributed by atoms with E-state index in [1.165, 1.54) is 17.4 Å². The Bertz CT molecular complexity index is 497. The predicted octanol–water partition coefficient (Wildman–Crippen LogP) is 3.73. The Morgan fingerprint density at radius 1 is 1.45 bits per heavy atom. The molecule has 0 radical (unpaired) electrons. The molecule has 1 N–H and O–H groups in total. The van der Waals surface area contributed by atoms with Gasteiger partial charge in [0.05, 0.1) is 11.0 Å². The fourth-order valence-corrected chi connectivity index (χ4v) is 3.69. The zero-order chi connectivity index (χ0) is 14.9. The fraction of sp³-hybridized carbons (Fsp3) is 0.714. The number of aliphatic hydroxyl groups excluding tert-OH is 1. The normalized spacial score (nSPS) is 20.5. The Balaban J connectivity index is 2.29. The molecule has 0 aliphatic carbocycles. The average molecular weight is 298 g/mol. The molecule has 0 bridgehead atoms. The molecule has 5 nitrogen and oxygen atoms in total. The predicted molar refractivity (Wildman–Crippen MR) is 81.5 cm³/mol.